The van der Waals surface area contributed by atoms with Crippen LogP contribution < -0.4 is 5.73 Å². The molecule has 0 bridgehead atoms. The van der Waals surface area contributed by atoms with Gasteiger partial charge in [-0.1, -0.05) is 12.6 Å². The van der Waals surface area contributed by atoms with Gasteiger partial charge in [0.05, 0.1) is 13.7 Å². The summed E-state index contributed by atoms with van der Waals surface area (Å²) in [5, 5.41) is 0. The number of rotatable bonds is 5. The van der Waals surface area contributed by atoms with E-state index < -0.39 is 23.5 Å². The van der Waals surface area contributed by atoms with Gasteiger partial charge in [-0.15, -0.1) is 0 Å². The lowest BCUT2D eigenvalue weighted by Gasteiger charge is -2.18. The van der Waals surface area contributed by atoms with Crippen molar-refractivity contribution >= 4 is 11.9 Å². The molecule has 21 heavy (non-hydrogen) atoms. The number of nitrogens with two attached hydrogens (primary N) is 1. The fraction of sp³-hybridized carbons (Fsp3) is 0.143. The van der Waals surface area contributed by atoms with Crippen molar-refractivity contribution in [3.05, 3.63) is 59.9 Å². The minimum Gasteiger partial charge on any atom is -0.465 e. The first-order valence-corrected chi connectivity index (χ1v) is 5.82. The first-order valence-electron chi connectivity index (χ1n) is 5.82. The Hall–Kier alpha value is -2.70. The van der Waals surface area contributed by atoms with Crippen LogP contribution in [-0.2, 0) is 20.9 Å². The minimum atomic E-state index is -1.04. The minimum absolute atomic E-state index is 0.103. The van der Waals surface area contributed by atoms with Crippen molar-refractivity contribution < 1.29 is 23.1 Å². The first-order chi connectivity index (χ1) is 9.94. The number of nitrogens with zero attached hydrogens (tertiary/aromatic N) is 1. The molecule has 0 saturated carbocycles. The molecule has 2 N–H and O–H groups in total. The SMILES string of the molecule is C=CN(Cc1ccc(F)c(F)c1)C(=O)/C(=C\N)C(=O)OC. The normalized spacial score (nSPS) is 10.9. The van der Waals surface area contributed by atoms with Crippen LogP contribution in [0.15, 0.2) is 42.8 Å². The van der Waals surface area contributed by atoms with E-state index in [4.69, 9.17) is 5.73 Å². The van der Waals surface area contributed by atoms with E-state index in [1.165, 1.54) is 6.07 Å². The van der Waals surface area contributed by atoms with Gasteiger partial charge in [0.2, 0.25) is 0 Å². The van der Waals surface area contributed by atoms with E-state index in [0.29, 0.717) is 5.56 Å². The Morgan fingerprint density at radius 2 is 2.05 bits per heavy atom. The quantitative estimate of drug-likeness (QED) is 0.386. The smallest absolute Gasteiger partial charge is 0.344 e. The number of methoxy groups -OCH3 is 1. The van der Waals surface area contributed by atoms with Crippen LogP contribution in [0.1, 0.15) is 5.56 Å². The van der Waals surface area contributed by atoms with Crippen molar-refractivity contribution in [1.29, 1.82) is 0 Å². The number of carbonyl (C=O) groups is 2. The van der Waals surface area contributed by atoms with Crippen molar-refractivity contribution in [2.45, 2.75) is 6.54 Å². The predicted molar refractivity (Wildman–Crippen MR) is 71.4 cm³/mol. The summed E-state index contributed by atoms with van der Waals surface area (Å²) >= 11 is 0. The van der Waals surface area contributed by atoms with E-state index >= 15 is 0 Å². The summed E-state index contributed by atoms with van der Waals surface area (Å²) in [6.07, 6.45) is 1.96. The van der Waals surface area contributed by atoms with Crippen LogP contribution in [0.2, 0.25) is 0 Å². The third-order valence-electron chi connectivity index (χ3n) is 2.62. The van der Waals surface area contributed by atoms with Crippen molar-refractivity contribution in [2.24, 2.45) is 5.73 Å². The molecule has 0 fully saturated rings. The molecule has 0 heterocycles. The van der Waals surface area contributed by atoms with Gasteiger partial charge in [0.1, 0.15) is 5.57 Å². The molecule has 0 aliphatic heterocycles. The van der Waals surface area contributed by atoms with Crippen molar-refractivity contribution in [1.82, 2.24) is 4.90 Å². The summed E-state index contributed by atoms with van der Waals surface area (Å²) < 4.78 is 30.4. The average molecular weight is 296 g/mol. The third kappa shape index (κ3) is 3.88. The van der Waals surface area contributed by atoms with Crippen LogP contribution in [0.5, 0.6) is 0 Å². The van der Waals surface area contributed by atoms with E-state index in [2.05, 4.69) is 11.3 Å². The molecule has 1 amide bonds. The summed E-state index contributed by atoms with van der Waals surface area (Å²) in [4.78, 5) is 24.5. The zero-order chi connectivity index (χ0) is 16.0. The van der Waals surface area contributed by atoms with Crippen molar-refractivity contribution in [3.63, 3.8) is 0 Å². The Bertz CT molecular complexity index is 600. The highest BCUT2D eigenvalue weighted by Crippen LogP contribution is 2.13. The first kappa shape index (κ1) is 16.4. The van der Waals surface area contributed by atoms with Gasteiger partial charge in [0.15, 0.2) is 11.6 Å². The molecule has 0 radical (unpaired) electrons. The maximum Gasteiger partial charge on any atom is 0.344 e. The van der Waals surface area contributed by atoms with Crippen molar-refractivity contribution in [3.8, 4) is 0 Å². The van der Waals surface area contributed by atoms with Crippen LogP contribution in [-0.4, -0.2) is 23.9 Å². The van der Waals surface area contributed by atoms with Crippen molar-refractivity contribution in [2.75, 3.05) is 7.11 Å². The molecule has 0 spiro atoms. The fourth-order valence-corrected chi connectivity index (χ4v) is 1.55. The van der Waals surface area contributed by atoms with Gasteiger partial charge in [0, 0.05) is 12.4 Å². The lowest BCUT2D eigenvalue weighted by Crippen LogP contribution is -2.30. The number of hydrogen-bond acceptors (Lipinski definition) is 4. The lowest BCUT2D eigenvalue weighted by molar-refractivity contribution is -0.139. The number of benzene rings is 1. The van der Waals surface area contributed by atoms with Gasteiger partial charge < -0.3 is 15.4 Å². The zero-order valence-electron chi connectivity index (χ0n) is 11.3. The van der Waals surface area contributed by atoms with E-state index in [9.17, 15) is 18.4 Å². The Morgan fingerprint density at radius 3 is 2.52 bits per heavy atom. The Labute approximate surface area is 120 Å². The number of esters is 1. The Balaban J connectivity index is 2.97. The second kappa shape index (κ2) is 7.18. The van der Waals surface area contributed by atoms with Crippen LogP contribution >= 0.6 is 0 Å². The number of hydrogen-bond donors (Lipinski definition) is 1. The number of carbonyl (C=O) groups excluding carboxylic acids is 2. The van der Waals surface area contributed by atoms with Crippen LogP contribution in [0.4, 0.5) is 8.78 Å². The Kier molecular flexibility index (Phi) is 5.59. The fourth-order valence-electron chi connectivity index (χ4n) is 1.55. The molecule has 7 heteroatoms. The number of amides is 1. The molecule has 0 atom stereocenters. The van der Waals surface area contributed by atoms with Gasteiger partial charge in [-0.05, 0) is 17.7 Å². The highest BCUT2D eigenvalue weighted by Gasteiger charge is 2.23. The molecule has 0 saturated heterocycles. The summed E-state index contributed by atoms with van der Waals surface area (Å²) in [7, 11) is 1.10. The van der Waals surface area contributed by atoms with Gasteiger partial charge in [-0.25, -0.2) is 13.6 Å². The van der Waals surface area contributed by atoms with Gasteiger partial charge >= 0.3 is 5.97 Å². The number of halogens is 2. The van der Waals surface area contributed by atoms with E-state index in [1.54, 1.807) is 0 Å². The second-order valence-corrected chi connectivity index (χ2v) is 3.94. The maximum atomic E-state index is 13.1. The Morgan fingerprint density at radius 1 is 1.38 bits per heavy atom. The third-order valence-corrected chi connectivity index (χ3v) is 2.62. The molecule has 1 aromatic carbocycles. The highest BCUT2D eigenvalue weighted by atomic mass is 19.2. The number of ether oxygens (including phenoxy) is 1. The summed E-state index contributed by atoms with van der Waals surface area (Å²) in [6, 6.07) is 3.20. The molecule has 0 aliphatic rings. The van der Waals surface area contributed by atoms with Gasteiger partial charge in [-0.3, -0.25) is 4.79 Å². The molecule has 1 aromatic rings. The van der Waals surface area contributed by atoms with E-state index in [-0.39, 0.29) is 12.1 Å². The zero-order valence-corrected chi connectivity index (χ0v) is 11.3. The van der Waals surface area contributed by atoms with Crippen LogP contribution in [0.3, 0.4) is 0 Å². The molecule has 5 nitrogen and oxygen atoms in total. The predicted octanol–water partition coefficient (Wildman–Crippen LogP) is 1.45. The van der Waals surface area contributed by atoms with Crippen LogP contribution in [0, 0.1) is 11.6 Å². The van der Waals surface area contributed by atoms with E-state index in [1.807, 2.05) is 0 Å². The topological polar surface area (TPSA) is 72.6 Å². The molecule has 0 aromatic heterocycles. The molecular weight excluding hydrogens is 282 g/mol. The highest BCUT2D eigenvalue weighted by molar-refractivity contribution is 6.16. The van der Waals surface area contributed by atoms with Gasteiger partial charge in [0.25, 0.3) is 5.91 Å². The second-order valence-electron chi connectivity index (χ2n) is 3.94. The average Bonchev–Trinajstić information content (AvgIpc) is 2.48. The van der Waals surface area contributed by atoms with Crippen LogP contribution in [0.25, 0.3) is 0 Å². The summed E-state index contributed by atoms with van der Waals surface area (Å²) in [5.41, 5.74) is 5.16. The monoisotopic (exact) mass is 296 g/mol. The van der Waals surface area contributed by atoms with Gasteiger partial charge in [-0.2, -0.15) is 0 Å². The lowest BCUT2D eigenvalue weighted by atomic mass is 10.2. The largest absolute Gasteiger partial charge is 0.465 e. The standard InChI is InChI=1S/C14H14F2N2O3/c1-3-18(13(19)10(7-17)14(20)21-2)8-9-4-5-11(15)12(16)6-9/h3-7H,1,8,17H2,2H3/b10-7+. The molecule has 0 unspecified atom stereocenters. The van der Waals surface area contributed by atoms with E-state index in [0.717, 1.165) is 36.5 Å². The summed E-state index contributed by atoms with van der Waals surface area (Å²) in [5.74, 6) is -3.69. The molecule has 1 rings (SSSR count). The summed E-state index contributed by atoms with van der Waals surface area (Å²) in [6.45, 7) is 3.33. The molecule has 0 aliphatic carbocycles. The molecular formula is C14H14F2N2O3. The molecule has 112 valence electrons. The maximum absolute atomic E-state index is 13.1.